The van der Waals surface area contributed by atoms with E-state index < -0.39 is 0 Å². The number of thiazole rings is 1. The van der Waals surface area contributed by atoms with Gasteiger partial charge in [-0.3, -0.25) is 0 Å². The van der Waals surface area contributed by atoms with Crippen LogP contribution in [0.2, 0.25) is 0 Å². The van der Waals surface area contributed by atoms with E-state index in [0.29, 0.717) is 0 Å². The Kier molecular flexibility index (Phi) is 3.66. The second-order valence-corrected chi connectivity index (χ2v) is 7.80. The van der Waals surface area contributed by atoms with Gasteiger partial charge in [0, 0.05) is 36.3 Å². The number of nitrogens with zero attached hydrogens (tertiary/aromatic N) is 5. The Morgan fingerprint density at radius 1 is 1.27 bits per heavy atom. The lowest BCUT2D eigenvalue weighted by Crippen LogP contribution is -2.24. The summed E-state index contributed by atoms with van der Waals surface area (Å²) >= 11 is 1.57. The lowest BCUT2D eigenvalue weighted by molar-refractivity contribution is -0.0126. The van der Waals surface area contributed by atoms with Gasteiger partial charge in [-0.15, -0.1) is 11.3 Å². The van der Waals surface area contributed by atoms with E-state index >= 15 is 0 Å². The molecule has 0 saturated heterocycles. The summed E-state index contributed by atoms with van der Waals surface area (Å²) in [5.41, 5.74) is 3.67. The fourth-order valence-corrected chi connectivity index (χ4v) is 4.49. The van der Waals surface area contributed by atoms with Crippen LogP contribution in [0.5, 0.6) is 0 Å². The zero-order chi connectivity index (χ0) is 17.6. The minimum Gasteiger partial charge on any atom is -0.389 e. The van der Waals surface area contributed by atoms with Gasteiger partial charge in [0.2, 0.25) is 0 Å². The molecule has 0 amide bonds. The van der Waals surface area contributed by atoms with Gasteiger partial charge in [0.05, 0.1) is 23.0 Å². The Morgan fingerprint density at radius 2 is 2.15 bits per heavy atom. The number of aryl methyl sites for hydroxylation is 1. The predicted octanol–water partition coefficient (Wildman–Crippen LogP) is 4.09. The molecular weight excluding hydrogens is 348 g/mol. The van der Waals surface area contributed by atoms with Crippen LogP contribution in [0.1, 0.15) is 44.6 Å². The number of fused-ring (bicyclic) bond motifs is 1. The van der Waals surface area contributed by atoms with Crippen LogP contribution in [-0.4, -0.2) is 31.1 Å². The number of nitrogens with one attached hydrogen (secondary N) is 1. The number of hydrogen-bond donors (Lipinski definition) is 1. The maximum atomic E-state index is 5.90. The summed E-state index contributed by atoms with van der Waals surface area (Å²) in [5.74, 6) is 0. The van der Waals surface area contributed by atoms with Gasteiger partial charge in [0.15, 0.2) is 10.8 Å². The van der Waals surface area contributed by atoms with Crippen LogP contribution in [0, 0.1) is 0 Å². The van der Waals surface area contributed by atoms with Gasteiger partial charge in [-0.2, -0.15) is 5.10 Å². The molecule has 0 radical (unpaired) electrons. The van der Waals surface area contributed by atoms with Crippen molar-refractivity contribution in [2.45, 2.75) is 51.2 Å². The van der Waals surface area contributed by atoms with Crippen LogP contribution in [0.15, 0.2) is 29.1 Å². The van der Waals surface area contributed by atoms with Crippen molar-refractivity contribution >= 4 is 38.9 Å². The number of oxime groups is 1. The quantitative estimate of drug-likeness (QED) is 0.750. The number of aromatic nitrogens is 4. The first-order chi connectivity index (χ1) is 12.8. The first-order valence-electron chi connectivity index (χ1n) is 9.04. The van der Waals surface area contributed by atoms with Crippen LogP contribution < -0.4 is 5.32 Å². The smallest absolute Gasteiger partial charge is 0.187 e. The Bertz CT molecular complexity index is 971. The highest BCUT2D eigenvalue weighted by molar-refractivity contribution is 7.13. The molecule has 8 heteroatoms. The molecule has 1 saturated carbocycles. The van der Waals surface area contributed by atoms with E-state index in [9.17, 15) is 0 Å². The van der Waals surface area contributed by atoms with Gasteiger partial charge in [-0.25, -0.2) is 14.6 Å². The lowest BCUT2D eigenvalue weighted by atomic mass is 9.92. The molecular formula is C18H20N6OS. The molecule has 0 unspecified atom stereocenters. The van der Waals surface area contributed by atoms with Crippen molar-refractivity contribution in [3.63, 3.8) is 0 Å². The van der Waals surface area contributed by atoms with Crippen molar-refractivity contribution in [3.8, 4) is 0 Å². The minimum atomic E-state index is -0.101. The van der Waals surface area contributed by atoms with E-state index in [0.717, 1.165) is 58.9 Å². The van der Waals surface area contributed by atoms with Crippen molar-refractivity contribution in [3.05, 3.63) is 29.5 Å². The summed E-state index contributed by atoms with van der Waals surface area (Å²) in [6.07, 6.45) is 11.0. The molecule has 26 heavy (non-hydrogen) atoms. The van der Waals surface area contributed by atoms with Crippen molar-refractivity contribution in [1.29, 1.82) is 0 Å². The average Bonchev–Trinajstić information content (AvgIpc) is 3.43. The number of pyridine rings is 1. The van der Waals surface area contributed by atoms with Crippen LogP contribution >= 0.6 is 11.3 Å². The molecule has 5 rings (SSSR count). The third kappa shape index (κ3) is 2.47. The molecule has 1 fully saturated rings. The molecule has 2 aliphatic rings. The van der Waals surface area contributed by atoms with E-state index in [-0.39, 0.29) is 5.60 Å². The van der Waals surface area contributed by atoms with Gasteiger partial charge in [0.25, 0.3) is 0 Å². The van der Waals surface area contributed by atoms with E-state index in [2.05, 4.69) is 32.5 Å². The second kappa shape index (κ2) is 6.05. The number of anilines is 2. The Balaban J connectivity index is 1.60. The van der Waals surface area contributed by atoms with E-state index in [4.69, 9.17) is 4.84 Å². The molecule has 0 atom stereocenters. The first-order valence-corrected chi connectivity index (χ1v) is 9.92. The Morgan fingerprint density at radius 3 is 2.92 bits per heavy atom. The zero-order valence-corrected chi connectivity index (χ0v) is 15.4. The molecule has 4 heterocycles. The highest BCUT2D eigenvalue weighted by Crippen LogP contribution is 2.42. The van der Waals surface area contributed by atoms with Crippen molar-refractivity contribution in [1.82, 2.24) is 19.7 Å². The molecule has 3 aromatic heterocycles. The fraction of sp³-hybridized carbons (Fsp3) is 0.444. The summed E-state index contributed by atoms with van der Waals surface area (Å²) in [7, 11) is 0. The Labute approximate surface area is 155 Å². The van der Waals surface area contributed by atoms with Gasteiger partial charge < -0.3 is 10.2 Å². The summed E-state index contributed by atoms with van der Waals surface area (Å²) in [5, 5.41) is 16.2. The molecule has 1 aliphatic carbocycles. The van der Waals surface area contributed by atoms with Crippen LogP contribution in [0.25, 0.3) is 11.0 Å². The highest BCUT2D eigenvalue weighted by Gasteiger charge is 2.42. The molecule has 134 valence electrons. The molecule has 1 aliphatic heterocycles. The summed E-state index contributed by atoms with van der Waals surface area (Å²) in [6.45, 7) is 2.84. The molecule has 1 spiro atoms. The normalized spacial score (nSPS) is 18.4. The third-order valence-electron chi connectivity index (χ3n) is 5.29. The predicted molar refractivity (Wildman–Crippen MR) is 102 cm³/mol. The maximum Gasteiger partial charge on any atom is 0.187 e. The number of hydrogen-bond acceptors (Lipinski definition) is 7. The molecule has 3 aromatic rings. The zero-order valence-electron chi connectivity index (χ0n) is 14.6. The monoisotopic (exact) mass is 368 g/mol. The van der Waals surface area contributed by atoms with E-state index in [1.807, 2.05) is 22.5 Å². The highest BCUT2D eigenvalue weighted by atomic mass is 32.1. The second-order valence-electron chi connectivity index (χ2n) is 6.90. The van der Waals surface area contributed by atoms with E-state index in [1.165, 1.54) is 12.8 Å². The minimum absolute atomic E-state index is 0.101. The van der Waals surface area contributed by atoms with Gasteiger partial charge in [0.1, 0.15) is 5.60 Å². The SMILES string of the molecule is CCn1ncc2c(Nc3nccs3)c(C3=NOC4(CCCC4)C3)cnc21. The van der Waals surface area contributed by atoms with Crippen molar-refractivity contribution in [2.24, 2.45) is 5.16 Å². The van der Waals surface area contributed by atoms with Crippen molar-refractivity contribution < 1.29 is 4.84 Å². The topological polar surface area (TPSA) is 77.2 Å². The van der Waals surface area contributed by atoms with Crippen LogP contribution in [0.3, 0.4) is 0 Å². The van der Waals surface area contributed by atoms with Crippen LogP contribution in [0.4, 0.5) is 10.8 Å². The largest absolute Gasteiger partial charge is 0.389 e. The third-order valence-corrected chi connectivity index (χ3v) is 5.98. The summed E-state index contributed by atoms with van der Waals surface area (Å²) in [4.78, 5) is 14.9. The lowest BCUT2D eigenvalue weighted by Gasteiger charge is -2.19. The summed E-state index contributed by atoms with van der Waals surface area (Å²) < 4.78 is 1.90. The van der Waals surface area contributed by atoms with Crippen molar-refractivity contribution in [2.75, 3.05) is 5.32 Å². The average molecular weight is 368 g/mol. The fourth-order valence-electron chi connectivity index (χ4n) is 3.96. The maximum absolute atomic E-state index is 5.90. The Hall–Kier alpha value is -2.48. The molecule has 7 nitrogen and oxygen atoms in total. The van der Waals surface area contributed by atoms with Crippen LogP contribution in [-0.2, 0) is 11.4 Å². The van der Waals surface area contributed by atoms with Gasteiger partial charge >= 0.3 is 0 Å². The molecule has 1 N–H and O–H groups in total. The number of rotatable bonds is 4. The summed E-state index contributed by atoms with van der Waals surface area (Å²) in [6, 6.07) is 0. The standard InChI is InChI=1S/C18H20N6OS/c1-2-24-16-13(11-21-24)15(22-17-19-7-8-26-17)12(10-20-16)14-9-18(25-23-14)5-3-4-6-18/h7-8,10-11H,2-6,9H2,1H3,(H,19,20,22). The molecule has 0 aromatic carbocycles. The first kappa shape index (κ1) is 15.7. The molecule has 0 bridgehead atoms. The van der Waals surface area contributed by atoms with E-state index in [1.54, 1.807) is 17.5 Å². The van der Waals surface area contributed by atoms with Gasteiger partial charge in [-0.05, 0) is 32.6 Å². The van der Waals surface area contributed by atoms with Gasteiger partial charge in [-0.1, -0.05) is 5.16 Å².